The Morgan fingerprint density at radius 1 is 1.61 bits per heavy atom. The molecule has 4 N–H and O–H groups in total. The van der Waals surface area contributed by atoms with Gasteiger partial charge in [-0.25, -0.2) is 4.98 Å². The van der Waals surface area contributed by atoms with Crippen LogP contribution in [0.1, 0.15) is 18.7 Å². The maximum Gasteiger partial charge on any atom is 0.233 e. The minimum absolute atomic E-state index is 0.172. The summed E-state index contributed by atoms with van der Waals surface area (Å²) in [6.07, 6.45) is 2.43. The number of ether oxygens (including phenoxy) is 1. The molecule has 1 fully saturated rings. The van der Waals surface area contributed by atoms with Crippen LogP contribution in [0.3, 0.4) is 0 Å². The van der Waals surface area contributed by atoms with Gasteiger partial charge in [0.15, 0.2) is 0 Å². The quantitative estimate of drug-likeness (QED) is 0.637. The monoisotopic (exact) mass is 269 g/mol. The van der Waals surface area contributed by atoms with Crippen molar-refractivity contribution in [3.63, 3.8) is 0 Å². The molecule has 0 atom stereocenters. The van der Waals surface area contributed by atoms with Crippen LogP contribution < -0.4 is 11.1 Å². The molecule has 1 saturated heterocycles. The molecule has 0 aromatic carbocycles. The van der Waals surface area contributed by atoms with Crippen molar-refractivity contribution in [1.82, 2.24) is 20.5 Å². The van der Waals surface area contributed by atoms with Gasteiger partial charge in [-0.1, -0.05) is 12.2 Å². The van der Waals surface area contributed by atoms with Crippen LogP contribution in [0.15, 0.2) is 6.33 Å². The minimum atomic E-state index is -0.798. The summed E-state index contributed by atoms with van der Waals surface area (Å²) in [6.45, 7) is 1.27. The molecule has 0 radical (unpaired) electrons. The highest BCUT2D eigenvalue weighted by atomic mass is 32.1. The number of nitrogens with zero attached hydrogens (tertiary/aromatic N) is 2. The van der Waals surface area contributed by atoms with Gasteiger partial charge in [0.1, 0.15) is 17.6 Å². The maximum atomic E-state index is 12.3. The third-order valence-electron chi connectivity index (χ3n) is 3.13. The van der Waals surface area contributed by atoms with Gasteiger partial charge in [0.2, 0.25) is 5.91 Å². The van der Waals surface area contributed by atoms with E-state index < -0.39 is 5.41 Å². The average molecular weight is 269 g/mol. The van der Waals surface area contributed by atoms with Gasteiger partial charge < -0.3 is 15.8 Å². The van der Waals surface area contributed by atoms with Gasteiger partial charge in [-0.05, 0) is 12.8 Å². The van der Waals surface area contributed by atoms with Crippen molar-refractivity contribution in [2.45, 2.75) is 19.4 Å². The largest absolute Gasteiger partial charge is 0.392 e. The highest BCUT2D eigenvalue weighted by molar-refractivity contribution is 7.80. The number of rotatable bonds is 4. The van der Waals surface area contributed by atoms with Crippen LogP contribution in [0.5, 0.6) is 0 Å². The Labute approximate surface area is 109 Å². The number of hydrogen-bond acceptors (Lipinski definition) is 5. The molecular weight excluding hydrogens is 254 g/mol. The molecule has 0 saturated carbocycles. The maximum absolute atomic E-state index is 12.3. The SMILES string of the molecule is NC(=S)C1(C(=O)NCc2ncn[nH]2)CCOCC1. The molecule has 1 amide bonds. The van der Waals surface area contributed by atoms with Gasteiger partial charge in [-0.2, -0.15) is 5.10 Å². The summed E-state index contributed by atoms with van der Waals surface area (Å²) in [4.78, 5) is 16.4. The molecule has 7 nitrogen and oxygen atoms in total. The molecule has 1 aliphatic heterocycles. The first kappa shape index (κ1) is 12.9. The Kier molecular flexibility index (Phi) is 3.87. The summed E-state index contributed by atoms with van der Waals surface area (Å²) in [7, 11) is 0. The third-order valence-corrected chi connectivity index (χ3v) is 3.52. The van der Waals surface area contributed by atoms with Crippen LogP contribution in [-0.2, 0) is 16.1 Å². The summed E-state index contributed by atoms with van der Waals surface area (Å²) in [5, 5.41) is 9.16. The van der Waals surface area contributed by atoms with E-state index in [1.165, 1.54) is 6.33 Å². The van der Waals surface area contributed by atoms with Crippen molar-refractivity contribution < 1.29 is 9.53 Å². The van der Waals surface area contributed by atoms with Gasteiger partial charge in [0, 0.05) is 13.2 Å². The number of nitrogens with one attached hydrogen (secondary N) is 2. The van der Waals surface area contributed by atoms with Crippen molar-refractivity contribution in [2.75, 3.05) is 13.2 Å². The zero-order valence-electron chi connectivity index (χ0n) is 9.81. The lowest BCUT2D eigenvalue weighted by Crippen LogP contribution is -2.51. The highest BCUT2D eigenvalue weighted by Gasteiger charge is 2.42. The first-order valence-electron chi connectivity index (χ1n) is 5.65. The van der Waals surface area contributed by atoms with Crippen molar-refractivity contribution in [3.8, 4) is 0 Å². The number of nitrogens with two attached hydrogens (primary N) is 1. The molecule has 2 heterocycles. The Morgan fingerprint density at radius 2 is 2.33 bits per heavy atom. The summed E-state index contributed by atoms with van der Waals surface area (Å²) >= 11 is 5.04. The lowest BCUT2D eigenvalue weighted by atomic mass is 9.79. The molecule has 1 aliphatic rings. The predicted octanol–water partition coefficient (Wildman–Crippen LogP) is -0.496. The van der Waals surface area contributed by atoms with Crippen molar-refractivity contribution in [2.24, 2.45) is 11.1 Å². The second-order valence-electron chi connectivity index (χ2n) is 4.17. The van der Waals surface area contributed by atoms with E-state index in [4.69, 9.17) is 22.7 Å². The zero-order chi connectivity index (χ0) is 13.0. The van der Waals surface area contributed by atoms with Crippen LogP contribution in [0.2, 0.25) is 0 Å². The molecular formula is C10H15N5O2S. The summed E-state index contributed by atoms with van der Waals surface area (Å²) in [5.41, 5.74) is 4.93. The third kappa shape index (κ3) is 2.49. The Bertz CT molecular complexity index is 427. The summed E-state index contributed by atoms with van der Waals surface area (Å²) < 4.78 is 5.25. The van der Waals surface area contributed by atoms with Gasteiger partial charge in [0.25, 0.3) is 0 Å². The normalized spacial score (nSPS) is 18.2. The average Bonchev–Trinajstić information content (AvgIpc) is 2.89. The fourth-order valence-electron chi connectivity index (χ4n) is 1.95. The molecule has 0 aliphatic carbocycles. The van der Waals surface area contributed by atoms with Gasteiger partial charge in [-0.15, -0.1) is 0 Å². The molecule has 2 rings (SSSR count). The Hall–Kier alpha value is -1.54. The first-order chi connectivity index (χ1) is 8.65. The number of amides is 1. The van der Waals surface area contributed by atoms with E-state index in [-0.39, 0.29) is 17.4 Å². The second-order valence-corrected chi connectivity index (χ2v) is 4.61. The molecule has 0 bridgehead atoms. The van der Waals surface area contributed by atoms with Gasteiger partial charge in [0.05, 0.1) is 11.5 Å². The van der Waals surface area contributed by atoms with E-state index in [1.54, 1.807) is 0 Å². The lowest BCUT2D eigenvalue weighted by Gasteiger charge is -2.34. The Balaban J connectivity index is 2.02. The fraction of sp³-hybridized carbons (Fsp3) is 0.600. The number of carbonyl (C=O) groups excluding carboxylic acids is 1. The molecule has 0 unspecified atom stereocenters. The summed E-state index contributed by atoms with van der Waals surface area (Å²) in [5.74, 6) is 0.420. The number of aromatic nitrogens is 3. The molecule has 8 heteroatoms. The van der Waals surface area contributed by atoms with E-state index in [0.29, 0.717) is 31.9 Å². The van der Waals surface area contributed by atoms with Crippen molar-refractivity contribution in [3.05, 3.63) is 12.2 Å². The minimum Gasteiger partial charge on any atom is -0.392 e. The number of aromatic amines is 1. The number of carbonyl (C=O) groups is 1. The van der Waals surface area contributed by atoms with E-state index in [1.807, 2.05) is 0 Å². The lowest BCUT2D eigenvalue weighted by molar-refractivity contribution is -0.131. The number of H-pyrrole nitrogens is 1. The van der Waals surface area contributed by atoms with Crippen molar-refractivity contribution in [1.29, 1.82) is 0 Å². The smallest absolute Gasteiger partial charge is 0.233 e. The molecule has 18 heavy (non-hydrogen) atoms. The molecule has 0 spiro atoms. The van der Waals surface area contributed by atoms with E-state index in [9.17, 15) is 4.79 Å². The van der Waals surface area contributed by atoms with Crippen LogP contribution in [0.4, 0.5) is 0 Å². The van der Waals surface area contributed by atoms with Crippen LogP contribution in [-0.4, -0.2) is 39.3 Å². The van der Waals surface area contributed by atoms with Crippen LogP contribution >= 0.6 is 12.2 Å². The van der Waals surface area contributed by atoms with Crippen LogP contribution in [0, 0.1) is 5.41 Å². The van der Waals surface area contributed by atoms with E-state index in [0.717, 1.165) is 0 Å². The zero-order valence-corrected chi connectivity index (χ0v) is 10.6. The summed E-state index contributed by atoms with van der Waals surface area (Å²) in [6, 6.07) is 0. The fourth-order valence-corrected chi connectivity index (χ4v) is 2.25. The second kappa shape index (κ2) is 5.40. The highest BCUT2D eigenvalue weighted by Crippen LogP contribution is 2.31. The predicted molar refractivity (Wildman–Crippen MR) is 67.5 cm³/mol. The number of thiocarbonyl (C=S) groups is 1. The standard InChI is InChI=1S/C10H15N5O2S/c11-8(18)10(1-3-17-4-2-10)9(16)12-5-7-13-6-14-15-7/h6H,1-5H2,(H2,11,18)(H,12,16)(H,13,14,15). The first-order valence-corrected chi connectivity index (χ1v) is 6.06. The van der Waals surface area contributed by atoms with Crippen LogP contribution in [0.25, 0.3) is 0 Å². The van der Waals surface area contributed by atoms with Gasteiger partial charge >= 0.3 is 0 Å². The Morgan fingerprint density at radius 3 is 2.89 bits per heavy atom. The molecule has 1 aromatic heterocycles. The van der Waals surface area contributed by atoms with Crippen molar-refractivity contribution >= 4 is 23.1 Å². The number of hydrogen-bond donors (Lipinski definition) is 3. The van der Waals surface area contributed by atoms with E-state index in [2.05, 4.69) is 20.5 Å². The van der Waals surface area contributed by atoms with Gasteiger partial charge in [-0.3, -0.25) is 9.89 Å². The van der Waals surface area contributed by atoms with E-state index >= 15 is 0 Å². The molecule has 1 aromatic rings. The molecule has 98 valence electrons. The topological polar surface area (TPSA) is 106 Å².